The van der Waals surface area contributed by atoms with E-state index >= 15 is 0 Å². The zero-order valence-corrected chi connectivity index (χ0v) is 10.6. The summed E-state index contributed by atoms with van der Waals surface area (Å²) in [6.07, 6.45) is 8.30. The fraction of sp³-hybridized carbons (Fsp3) is 0.867. The lowest BCUT2D eigenvalue weighted by atomic mass is 9.71. The minimum Gasteiger partial charge on any atom is -0.0859 e. The third-order valence-corrected chi connectivity index (χ3v) is 6.34. The fourth-order valence-corrected chi connectivity index (χ4v) is 5.17. The molecule has 4 aliphatic rings. The van der Waals surface area contributed by atoms with E-state index in [4.69, 9.17) is 0 Å². The van der Waals surface area contributed by atoms with Gasteiger partial charge in [0.1, 0.15) is 0 Å². The quantitative estimate of drug-likeness (QED) is 0.597. The Morgan fingerprint density at radius 3 is 2.20 bits per heavy atom. The van der Waals surface area contributed by atoms with Gasteiger partial charge >= 0.3 is 0 Å². The van der Waals surface area contributed by atoms with Crippen molar-refractivity contribution >= 4 is 0 Å². The predicted molar refractivity (Wildman–Crippen MR) is 64.6 cm³/mol. The van der Waals surface area contributed by atoms with Crippen LogP contribution in [-0.4, -0.2) is 0 Å². The molecule has 0 aromatic rings. The van der Waals surface area contributed by atoms with Crippen LogP contribution in [0.5, 0.6) is 0 Å². The predicted octanol–water partition coefficient (Wildman–Crippen LogP) is 4.42. The van der Waals surface area contributed by atoms with Crippen LogP contribution in [0.1, 0.15) is 53.4 Å². The highest BCUT2D eigenvalue weighted by Gasteiger charge is 2.80. The summed E-state index contributed by atoms with van der Waals surface area (Å²) < 4.78 is 0. The summed E-state index contributed by atoms with van der Waals surface area (Å²) in [6.45, 7) is 9.61. The summed E-state index contributed by atoms with van der Waals surface area (Å²) in [5, 5.41) is 0. The first-order valence-electron chi connectivity index (χ1n) is 6.63. The molecular weight excluding hydrogens is 180 g/mol. The molecule has 0 amide bonds. The molecule has 4 bridgehead atoms. The van der Waals surface area contributed by atoms with Gasteiger partial charge in [-0.1, -0.05) is 25.5 Å². The van der Waals surface area contributed by atoms with Gasteiger partial charge < -0.3 is 0 Å². The standard InChI is InChI=1S/C15H24/c1-10(2)6-5-7-14(3)11-8-12-13(9-11)15(12,14)4/h6,11-13H,5,7-9H2,1-4H3/t11?,12-,13-,14-,15?/m0/s1. The lowest BCUT2D eigenvalue weighted by Gasteiger charge is -2.34. The Kier molecular flexibility index (Phi) is 1.79. The largest absolute Gasteiger partial charge is 0.0859 e. The summed E-state index contributed by atoms with van der Waals surface area (Å²) in [4.78, 5) is 0. The molecule has 0 N–H and O–H groups in total. The summed E-state index contributed by atoms with van der Waals surface area (Å²) in [5.74, 6) is 3.32. The van der Waals surface area contributed by atoms with Crippen LogP contribution in [0.15, 0.2) is 11.6 Å². The number of rotatable bonds is 3. The van der Waals surface area contributed by atoms with E-state index in [2.05, 4.69) is 33.8 Å². The second-order valence-corrected chi connectivity index (χ2v) is 6.90. The molecule has 4 rings (SSSR count). The van der Waals surface area contributed by atoms with Crippen molar-refractivity contribution in [1.82, 2.24) is 0 Å². The summed E-state index contributed by atoms with van der Waals surface area (Å²) >= 11 is 0. The van der Waals surface area contributed by atoms with Crippen molar-refractivity contribution in [1.29, 1.82) is 0 Å². The van der Waals surface area contributed by atoms with Gasteiger partial charge in [-0.25, -0.2) is 0 Å². The summed E-state index contributed by atoms with van der Waals surface area (Å²) in [5.41, 5.74) is 2.93. The van der Waals surface area contributed by atoms with E-state index in [9.17, 15) is 0 Å². The van der Waals surface area contributed by atoms with E-state index in [1.807, 2.05) is 0 Å². The molecule has 0 nitrogen and oxygen atoms in total. The highest BCUT2D eigenvalue weighted by Crippen LogP contribution is 2.86. The van der Waals surface area contributed by atoms with Crippen LogP contribution in [0, 0.1) is 28.6 Å². The van der Waals surface area contributed by atoms with E-state index in [1.165, 1.54) is 18.4 Å². The van der Waals surface area contributed by atoms with Crippen LogP contribution in [-0.2, 0) is 0 Å². The van der Waals surface area contributed by atoms with Gasteiger partial charge in [-0.05, 0) is 68.1 Å². The highest BCUT2D eigenvalue weighted by atomic mass is 14.8. The maximum atomic E-state index is 2.59. The Morgan fingerprint density at radius 1 is 1.20 bits per heavy atom. The fourth-order valence-electron chi connectivity index (χ4n) is 5.17. The smallest absolute Gasteiger partial charge is 0.0207 e. The lowest BCUT2D eigenvalue weighted by molar-refractivity contribution is 0.155. The van der Waals surface area contributed by atoms with E-state index < -0.39 is 0 Å². The monoisotopic (exact) mass is 204 g/mol. The maximum absolute atomic E-state index is 2.59. The van der Waals surface area contributed by atoms with Crippen molar-refractivity contribution in [3.8, 4) is 0 Å². The first-order chi connectivity index (χ1) is 7.00. The van der Waals surface area contributed by atoms with Gasteiger partial charge in [0.05, 0.1) is 0 Å². The molecule has 0 heterocycles. The topological polar surface area (TPSA) is 0 Å². The van der Waals surface area contributed by atoms with E-state index in [-0.39, 0.29) is 0 Å². The Balaban J connectivity index is 1.73. The molecule has 0 radical (unpaired) electrons. The van der Waals surface area contributed by atoms with Gasteiger partial charge in [0.25, 0.3) is 0 Å². The first-order valence-corrected chi connectivity index (χ1v) is 6.63. The minimum absolute atomic E-state index is 0.689. The van der Waals surface area contributed by atoms with Gasteiger partial charge in [0, 0.05) is 0 Å². The third-order valence-electron chi connectivity index (χ3n) is 6.34. The molecule has 4 aliphatic carbocycles. The number of hydrogen-bond acceptors (Lipinski definition) is 0. The summed E-state index contributed by atoms with van der Waals surface area (Å²) in [6, 6.07) is 0. The number of hydrogen-bond donors (Lipinski definition) is 0. The van der Waals surface area contributed by atoms with Gasteiger partial charge in [0.2, 0.25) is 0 Å². The van der Waals surface area contributed by atoms with Crippen LogP contribution >= 0.6 is 0 Å². The molecule has 0 spiro atoms. The molecule has 0 aromatic carbocycles. The van der Waals surface area contributed by atoms with Crippen molar-refractivity contribution in [2.24, 2.45) is 28.6 Å². The van der Waals surface area contributed by atoms with Crippen LogP contribution in [0.4, 0.5) is 0 Å². The Bertz CT molecular complexity index is 309. The molecule has 4 saturated carbocycles. The van der Waals surface area contributed by atoms with E-state index in [0.29, 0.717) is 5.41 Å². The molecule has 3 atom stereocenters. The van der Waals surface area contributed by atoms with Crippen LogP contribution in [0.25, 0.3) is 0 Å². The van der Waals surface area contributed by atoms with Crippen LogP contribution < -0.4 is 0 Å². The molecule has 0 unspecified atom stereocenters. The number of allylic oxidation sites excluding steroid dienone is 2. The SMILES string of the molecule is CC(C)=CCC[C@@]1(C)C2C[C@H]3[C@H](C2)C31C. The Labute approximate surface area is 94.1 Å². The van der Waals surface area contributed by atoms with Crippen molar-refractivity contribution in [3.05, 3.63) is 11.6 Å². The summed E-state index contributed by atoms with van der Waals surface area (Å²) in [7, 11) is 0. The first kappa shape index (κ1) is 9.93. The highest BCUT2D eigenvalue weighted by molar-refractivity contribution is 5.28. The molecule has 0 heteroatoms. The van der Waals surface area contributed by atoms with Crippen LogP contribution in [0.3, 0.4) is 0 Å². The Hall–Kier alpha value is -0.260. The maximum Gasteiger partial charge on any atom is -0.0207 e. The van der Waals surface area contributed by atoms with Gasteiger partial charge in [-0.2, -0.15) is 0 Å². The third kappa shape index (κ3) is 0.990. The van der Waals surface area contributed by atoms with Gasteiger partial charge in [0.15, 0.2) is 0 Å². The van der Waals surface area contributed by atoms with Crippen LogP contribution in [0.2, 0.25) is 0 Å². The van der Waals surface area contributed by atoms with Crippen molar-refractivity contribution in [2.45, 2.75) is 53.4 Å². The lowest BCUT2D eigenvalue weighted by Crippen LogP contribution is -2.26. The minimum atomic E-state index is 0.689. The average Bonchev–Trinajstić information content (AvgIpc) is 2.53. The molecule has 15 heavy (non-hydrogen) atoms. The Morgan fingerprint density at radius 2 is 1.80 bits per heavy atom. The second-order valence-electron chi connectivity index (χ2n) is 6.90. The average molecular weight is 204 g/mol. The molecule has 84 valence electrons. The zero-order valence-electron chi connectivity index (χ0n) is 10.6. The van der Waals surface area contributed by atoms with Gasteiger partial charge in [-0.3, -0.25) is 0 Å². The van der Waals surface area contributed by atoms with Crippen molar-refractivity contribution in [2.75, 3.05) is 0 Å². The molecule has 0 saturated heterocycles. The van der Waals surface area contributed by atoms with Gasteiger partial charge in [-0.15, -0.1) is 0 Å². The molecule has 0 aromatic heterocycles. The van der Waals surface area contributed by atoms with E-state index in [0.717, 1.165) is 23.2 Å². The second kappa shape index (κ2) is 2.70. The normalized spacial score (nSPS) is 54.5. The molecule has 0 aliphatic heterocycles. The molecular formula is C15H24. The van der Waals surface area contributed by atoms with Crippen molar-refractivity contribution in [3.63, 3.8) is 0 Å². The van der Waals surface area contributed by atoms with E-state index in [1.54, 1.807) is 12.8 Å². The molecule has 4 fully saturated rings. The van der Waals surface area contributed by atoms with Crippen molar-refractivity contribution < 1.29 is 0 Å². The zero-order chi connectivity index (χ0) is 10.8.